The molecule has 2 amide bonds. The fraction of sp³-hybridized carbons (Fsp3) is 0.333. The van der Waals surface area contributed by atoms with Gasteiger partial charge < -0.3 is 20.5 Å². The molecule has 0 aliphatic heterocycles. The Morgan fingerprint density at radius 2 is 1.94 bits per heavy atom. The summed E-state index contributed by atoms with van der Waals surface area (Å²) in [6.45, 7) is 1.72. The maximum absolute atomic E-state index is 11.3. The topological polar surface area (TPSA) is 87.7 Å². The molecule has 0 bridgehead atoms. The second-order valence-corrected chi connectivity index (χ2v) is 3.74. The predicted molar refractivity (Wildman–Crippen MR) is 65.5 cm³/mol. The van der Waals surface area contributed by atoms with Gasteiger partial charge >= 0.3 is 12.0 Å². The van der Waals surface area contributed by atoms with Crippen molar-refractivity contribution in [3.63, 3.8) is 0 Å². The lowest BCUT2D eigenvalue weighted by atomic mass is 10.2. The van der Waals surface area contributed by atoms with Crippen molar-refractivity contribution < 1.29 is 19.4 Å². The Morgan fingerprint density at radius 3 is 2.44 bits per heavy atom. The maximum Gasteiger partial charge on any atom is 0.325 e. The second-order valence-electron chi connectivity index (χ2n) is 3.74. The van der Waals surface area contributed by atoms with Crippen molar-refractivity contribution in [3.8, 4) is 5.75 Å². The molecule has 6 heteroatoms. The minimum Gasteiger partial charge on any atom is -0.497 e. The summed E-state index contributed by atoms with van der Waals surface area (Å²) in [5.74, 6) is -0.336. The zero-order valence-electron chi connectivity index (χ0n) is 10.3. The SMILES string of the molecule is COc1ccc(CNC(=O)NC(C)C(=O)O)cc1. The normalized spacial score (nSPS) is 11.4. The van der Waals surface area contributed by atoms with Crippen molar-refractivity contribution in [3.05, 3.63) is 29.8 Å². The Bertz CT molecular complexity index is 417. The minimum atomic E-state index is -1.07. The summed E-state index contributed by atoms with van der Waals surface area (Å²) in [7, 11) is 1.58. The average Bonchev–Trinajstić information content (AvgIpc) is 2.36. The van der Waals surface area contributed by atoms with E-state index in [-0.39, 0.29) is 0 Å². The molecule has 1 atom stereocenters. The lowest BCUT2D eigenvalue weighted by Gasteiger charge is -2.10. The Balaban J connectivity index is 2.40. The van der Waals surface area contributed by atoms with Crippen LogP contribution in [0.4, 0.5) is 4.79 Å². The van der Waals surface area contributed by atoms with Crippen LogP contribution in [0.2, 0.25) is 0 Å². The fourth-order valence-corrected chi connectivity index (χ4v) is 1.24. The Labute approximate surface area is 105 Å². The van der Waals surface area contributed by atoms with Gasteiger partial charge in [-0.25, -0.2) is 4.79 Å². The molecule has 6 nitrogen and oxygen atoms in total. The van der Waals surface area contributed by atoms with E-state index in [1.165, 1.54) is 6.92 Å². The van der Waals surface area contributed by atoms with Crippen LogP contribution in [0.3, 0.4) is 0 Å². The van der Waals surface area contributed by atoms with Gasteiger partial charge in [-0.15, -0.1) is 0 Å². The highest BCUT2D eigenvalue weighted by Crippen LogP contribution is 2.10. The highest BCUT2D eigenvalue weighted by atomic mass is 16.5. The van der Waals surface area contributed by atoms with Gasteiger partial charge in [0.1, 0.15) is 11.8 Å². The van der Waals surface area contributed by atoms with Gasteiger partial charge in [-0.1, -0.05) is 12.1 Å². The third-order valence-electron chi connectivity index (χ3n) is 2.33. The van der Waals surface area contributed by atoms with E-state index in [0.29, 0.717) is 6.54 Å². The lowest BCUT2D eigenvalue weighted by Crippen LogP contribution is -2.44. The molecule has 0 heterocycles. The van der Waals surface area contributed by atoms with Gasteiger partial charge in [0.15, 0.2) is 0 Å². The molecular weight excluding hydrogens is 236 g/mol. The van der Waals surface area contributed by atoms with Gasteiger partial charge in [-0.3, -0.25) is 4.79 Å². The molecule has 1 aromatic carbocycles. The summed E-state index contributed by atoms with van der Waals surface area (Å²) in [5, 5.41) is 13.5. The fourth-order valence-electron chi connectivity index (χ4n) is 1.24. The quantitative estimate of drug-likeness (QED) is 0.728. The Hall–Kier alpha value is -2.24. The monoisotopic (exact) mass is 252 g/mol. The van der Waals surface area contributed by atoms with Gasteiger partial charge in [0.25, 0.3) is 0 Å². The van der Waals surface area contributed by atoms with Crippen molar-refractivity contribution in [2.75, 3.05) is 7.11 Å². The summed E-state index contributed by atoms with van der Waals surface area (Å²) >= 11 is 0. The molecule has 0 saturated heterocycles. The standard InChI is InChI=1S/C12H16N2O4/c1-8(11(15)16)14-12(17)13-7-9-3-5-10(18-2)6-4-9/h3-6,8H,7H2,1-2H3,(H,15,16)(H2,13,14,17). The average molecular weight is 252 g/mol. The molecule has 1 aromatic rings. The molecule has 0 radical (unpaired) electrons. The Kier molecular flexibility index (Phi) is 4.98. The van der Waals surface area contributed by atoms with Crippen LogP contribution >= 0.6 is 0 Å². The van der Waals surface area contributed by atoms with E-state index >= 15 is 0 Å². The van der Waals surface area contributed by atoms with E-state index < -0.39 is 18.0 Å². The molecule has 98 valence electrons. The van der Waals surface area contributed by atoms with Gasteiger partial charge in [0.2, 0.25) is 0 Å². The minimum absolute atomic E-state index is 0.322. The van der Waals surface area contributed by atoms with E-state index in [1.807, 2.05) is 12.1 Å². The van der Waals surface area contributed by atoms with Crippen molar-refractivity contribution >= 4 is 12.0 Å². The van der Waals surface area contributed by atoms with E-state index in [0.717, 1.165) is 11.3 Å². The first-order valence-electron chi connectivity index (χ1n) is 5.43. The molecule has 0 aliphatic carbocycles. The number of urea groups is 1. The van der Waals surface area contributed by atoms with Crippen LogP contribution in [-0.4, -0.2) is 30.3 Å². The van der Waals surface area contributed by atoms with E-state index in [1.54, 1.807) is 19.2 Å². The number of hydrogen-bond acceptors (Lipinski definition) is 3. The number of carbonyl (C=O) groups is 2. The Morgan fingerprint density at radius 1 is 1.33 bits per heavy atom. The van der Waals surface area contributed by atoms with Crippen molar-refractivity contribution in [1.82, 2.24) is 10.6 Å². The zero-order chi connectivity index (χ0) is 13.5. The lowest BCUT2D eigenvalue weighted by molar-refractivity contribution is -0.138. The van der Waals surface area contributed by atoms with Crippen LogP contribution in [0.25, 0.3) is 0 Å². The number of methoxy groups -OCH3 is 1. The molecule has 0 saturated carbocycles. The van der Waals surface area contributed by atoms with Crippen LogP contribution in [-0.2, 0) is 11.3 Å². The van der Waals surface area contributed by atoms with Crippen LogP contribution in [0.5, 0.6) is 5.75 Å². The summed E-state index contributed by atoms with van der Waals surface area (Å²) in [5.41, 5.74) is 0.897. The molecule has 1 rings (SSSR count). The summed E-state index contributed by atoms with van der Waals surface area (Å²) in [6, 6.07) is 5.78. The number of amides is 2. The predicted octanol–water partition coefficient (Wildman–Crippen LogP) is 0.967. The van der Waals surface area contributed by atoms with Crippen LogP contribution in [0, 0.1) is 0 Å². The molecule has 18 heavy (non-hydrogen) atoms. The second kappa shape index (κ2) is 6.48. The first kappa shape index (κ1) is 13.8. The molecule has 1 unspecified atom stereocenters. The van der Waals surface area contributed by atoms with Gasteiger partial charge in [-0.2, -0.15) is 0 Å². The molecule has 0 fully saturated rings. The number of benzene rings is 1. The highest BCUT2D eigenvalue weighted by Gasteiger charge is 2.13. The number of hydrogen-bond donors (Lipinski definition) is 3. The first-order valence-corrected chi connectivity index (χ1v) is 5.43. The van der Waals surface area contributed by atoms with Crippen molar-refractivity contribution in [1.29, 1.82) is 0 Å². The molecule has 0 aliphatic rings. The number of aliphatic carboxylic acids is 1. The molecular formula is C12H16N2O4. The van der Waals surface area contributed by atoms with E-state index in [2.05, 4.69) is 10.6 Å². The third-order valence-corrected chi connectivity index (χ3v) is 2.33. The van der Waals surface area contributed by atoms with Gasteiger partial charge in [-0.05, 0) is 24.6 Å². The van der Waals surface area contributed by atoms with Crippen molar-refractivity contribution in [2.45, 2.75) is 19.5 Å². The van der Waals surface area contributed by atoms with E-state index in [9.17, 15) is 9.59 Å². The van der Waals surface area contributed by atoms with E-state index in [4.69, 9.17) is 9.84 Å². The number of carboxylic acid groups (broad SMARTS) is 1. The summed E-state index contributed by atoms with van der Waals surface area (Å²) in [6.07, 6.45) is 0. The third kappa shape index (κ3) is 4.32. The van der Waals surface area contributed by atoms with Crippen LogP contribution in [0.1, 0.15) is 12.5 Å². The van der Waals surface area contributed by atoms with Crippen molar-refractivity contribution in [2.24, 2.45) is 0 Å². The number of rotatable bonds is 5. The number of carboxylic acids is 1. The molecule has 0 spiro atoms. The zero-order valence-corrected chi connectivity index (χ0v) is 10.3. The van der Waals surface area contributed by atoms with Crippen LogP contribution < -0.4 is 15.4 Å². The van der Waals surface area contributed by atoms with Gasteiger partial charge in [0.05, 0.1) is 7.11 Å². The van der Waals surface area contributed by atoms with Gasteiger partial charge in [0, 0.05) is 6.54 Å². The largest absolute Gasteiger partial charge is 0.497 e. The smallest absolute Gasteiger partial charge is 0.325 e. The number of nitrogens with one attached hydrogen (secondary N) is 2. The summed E-state index contributed by atoms with van der Waals surface area (Å²) < 4.78 is 5.01. The first-order chi connectivity index (χ1) is 8.52. The maximum atomic E-state index is 11.3. The number of carbonyl (C=O) groups excluding carboxylic acids is 1. The number of ether oxygens (including phenoxy) is 1. The molecule has 3 N–H and O–H groups in total. The molecule has 0 aromatic heterocycles. The summed E-state index contributed by atoms with van der Waals surface area (Å²) in [4.78, 5) is 21.9. The highest BCUT2D eigenvalue weighted by molar-refractivity contribution is 5.82. The van der Waals surface area contributed by atoms with Crippen LogP contribution in [0.15, 0.2) is 24.3 Å².